The van der Waals surface area contributed by atoms with Crippen molar-refractivity contribution in [2.45, 2.75) is 12.7 Å². The molecule has 0 fully saturated rings. The van der Waals surface area contributed by atoms with Crippen LogP contribution in [0.4, 0.5) is 5.69 Å². The van der Waals surface area contributed by atoms with Crippen molar-refractivity contribution in [3.63, 3.8) is 0 Å². The van der Waals surface area contributed by atoms with Gasteiger partial charge in [-0.05, 0) is 6.92 Å². The molecule has 0 saturated heterocycles. The van der Waals surface area contributed by atoms with Gasteiger partial charge in [-0.3, -0.25) is 0 Å². The molecular weight excluding hydrogens is 330 g/mol. The van der Waals surface area contributed by atoms with Crippen molar-refractivity contribution >= 4 is 11.4 Å². The van der Waals surface area contributed by atoms with Crippen LogP contribution in [0.3, 0.4) is 0 Å². The number of rotatable bonds is 6. The maximum Gasteiger partial charge on any atom is 0.316 e. The van der Waals surface area contributed by atoms with Gasteiger partial charge in [-0.15, -0.1) is 0 Å². The second-order valence-electron chi connectivity index (χ2n) is 5.92. The second kappa shape index (κ2) is 7.86. The Labute approximate surface area is 151 Å². The van der Waals surface area contributed by atoms with Crippen molar-refractivity contribution in [3.05, 3.63) is 84.2 Å². The first-order valence-corrected chi connectivity index (χ1v) is 8.10. The summed E-state index contributed by atoms with van der Waals surface area (Å²) in [5, 5.41) is 18.5. The molecule has 0 radical (unpaired) electrons. The van der Waals surface area contributed by atoms with Gasteiger partial charge >= 0.3 is 6.01 Å². The van der Waals surface area contributed by atoms with Gasteiger partial charge in [0.15, 0.2) is 5.79 Å². The van der Waals surface area contributed by atoms with Gasteiger partial charge in [0.2, 0.25) is 0 Å². The number of hydrogen-bond donors (Lipinski definition) is 2. The third-order valence-electron chi connectivity index (χ3n) is 3.42. The Hall–Kier alpha value is -3.09. The number of aliphatic hydroxyl groups is 2. The van der Waals surface area contributed by atoms with Gasteiger partial charge in [-0.2, -0.15) is 0 Å². The minimum absolute atomic E-state index is 0.0549. The van der Waals surface area contributed by atoms with Crippen molar-refractivity contribution in [2.24, 2.45) is 4.99 Å². The molecule has 0 amide bonds. The number of nitrogens with zero attached hydrogens (tertiary/aromatic N) is 3. The van der Waals surface area contributed by atoms with E-state index in [-0.39, 0.29) is 12.6 Å². The lowest BCUT2D eigenvalue weighted by molar-refractivity contribution is -0.166. The van der Waals surface area contributed by atoms with E-state index in [1.807, 2.05) is 60.7 Å². The molecule has 0 bridgehead atoms. The molecule has 132 valence electrons. The Balaban J connectivity index is 1.89. The SMILES string of the molecule is CC(O)(O)COc1ncc(N=C(c2ccccc2)c2ccccc2)cn1. The van der Waals surface area contributed by atoms with Crippen molar-refractivity contribution in [1.29, 1.82) is 0 Å². The molecule has 0 aliphatic rings. The molecule has 6 nitrogen and oxygen atoms in total. The third-order valence-corrected chi connectivity index (χ3v) is 3.42. The van der Waals surface area contributed by atoms with E-state index in [0.29, 0.717) is 5.69 Å². The van der Waals surface area contributed by atoms with E-state index in [2.05, 4.69) is 15.0 Å². The average Bonchev–Trinajstić information content (AvgIpc) is 2.66. The van der Waals surface area contributed by atoms with Crippen LogP contribution in [0.5, 0.6) is 6.01 Å². The summed E-state index contributed by atoms with van der Waals surface area (Å²) in [6.45, 7) is 0.895. The van der Waals surface area contributed by atoms with Gasteiger partial charge in [0.05, 0.1) is 18.1 Å². The summed E-state index contributed by atoms with van der Waals surface area (Å²) in [6.07, 6.45) is 3.06. The summed E-state index contributed by atoms with van der Waals surface area (Å²) in [5.41, 5.74) is 3.34. The van der Waals surface area contributed by atoms with Crippen LogP contribution in [0.15, 0.2) is 78.0 Å². The van der Waals surface area contributed by atoms with Crippen molar-refractivity contribution in [1.82, 2.24) is 9.97 Å². The predicted molar refractivity (Wildman–Crippen MR) is 98.6 cm³/mol. The third kappa shape index (κ3) is 4.95. The Bertz CT molecular complexity index is 817. The molecule has 0 spiro atoms. The molecule has 1 heterocycles. The molecule has 6 heteroatoms. The summed E-state index contributed by atoms with van der Waals surface area (Å²) in [7, 11) is 0. The number of ether oxygens (including phenoxy) is 1. The van der Waals surface area contributed by atoms with E-state index in [4.69, 9.17) is 4.74 Å². The van der Waals surface area contributed by atoms with Gasteiger partial charge in [0, 0.05) is 11.1 Å². The summed E-state index contributed by atoms with van der Waals surface area (Å²) < 4.78 is 5.13. The minimum atomic E-state index is -1.94. The fraction of sp³-hybridized carbons (Fsp3) is 0.150. The van der Waals surface area contributed by atoms with Crippen LogP contribution >= 0.6 is 0 Å². The van der Waals surface area contributed by atoms with E-state index >= 15 is 0 Å². The predicted octanol–water partition coefficient (Wildman–Crippen LogP) is 2.73. The first-order valence-electron chi connectivity index (χ1n) is 8.10. The minimum Gasteiger partial charge on any atom is -0.458 e. The zero-order valence-corrected chi connectivity index (χ0v) is 14.3. The summed E-state index contributed by atoms with van der Waals surface area (Å²) in [4.78, 5) is 12.8. The topological polar surface area (TPSA) is 87.8 Å². The van der Waals surface area contributed by atoms with Gasteiger partial charge in [-0.25, -0.2) is 15.0 Å². The lowest BCUT2D eigenvalue weighted by Crippen LogP contribution is -2.31. The molecule has 2 aromatic carbocycles. The zero-order valence-electron chi connectivity index (χ0n) is 14.3. The summed E-state index contributed by atoms with van der Waals surface area (Å²) in [5.74, 6) is -1.94. The van der Waals surface area contributed by atoms with Crippen LogP contribution in [0, 0.1) is 0 Å². The fourth-order valence-corrected chi connectivity index (χ4v) is 2.26. The highest BCUT2D eigenvalue weighted by atomic mass is 16.6. The normalized spacial score (nSPS) is 11.0. The molecule has 3 aromatic rings. The quantitative estimate of drug-likeness (QED) is 0.528. The lowest BCUT2D eigenvalue weighted by atomic mass is 10.0. The molecule has 2 N–H and O–H groups in total. The van der Waals surface area contributed by atoms with Crippen LogP contribution in [-0.4, -0.2) is 38.3 Å². The van der Waals surface area contributed by atoms with Crippen LogP contribution < -0.4 is 4.74 Å². The number of benzene rings is 2. The van der Waals surface area contributed by atoms with E-state index in [0.717, 1.165) is 16.8 Å². The monoisotopic (exact) mass is 349 g/mol. The highest BCUT2D eigenvalue weighted by molar-refractivity contribution is 6.13. The van der Waals surface area contributed by atoms with Crippen LogP contribution in [0.1, 0.15) is 18.1 Å². The molecule has 0 aliphatic carbocycles. The maximum absolute atomic E-state index is 9.26. The summed E-state index contributed by atoms with van der Waals surface area (Å²) in [6, 6.07) is 19.8. The van der Waals surface area contributed by atoms with Crippen molar-refractivity contribution in [2.75, 3.05) is 6.61 Å². The number of hydrogen-bond acceptors (Lipinski definition) is 6. The highest BCUT2D eigenvalue weighted by Gasteiger charge is 2.16. The van der Waals surface area contributed by atoms with Crippen molar-refractivity contribution < 1.29 is 14.9 Å². The van der Waals surface area contributed by atoms with Gasteiger partial charge < -0.3 is 14.9 Å². The largest absolute Gasteiger partial charge is 0.458 e. The Kier molecular flexibility index (Phi) is 5.36. The van der Waals surface area contributed by atoms with E-state index in [1.165, 1.54) is 19.3 Å². The number of aromatic nitrogens is 2. The average molecular weight is 349 g/mol. The van der Waals surface area contributed by atoms with Gasteiger partial charge in [0.25, 0.3) is 0 Å². The molecule has 0 saturated carbocycles. The Morgan fingerprint density at radius 1 is 0.923 bits per heavy atom. The zero-order chi connectivity index (χ0) is 18.4. The Morgan fingerprint density at radius 3 is 1.88 bits per heavy atom. The summed E-state index contributed by atoms with van der Waals surface area (Å²) >= 11 is 0. The van der Waals surface area contributed by atoms with Gasteiger partial charge in [-0.1, -0.05) is 60.7 Å². The van der Waals surface area contributed by atoms with Crippen molar-refractivity contribution in [3.8, 4) is 6.01 Å². The second-order valence-corrected chi connectivity index (χ2v) is 5.92. The smallest absolute Gasteiger partial charge is 0.316 e. The number of aliphatic imine (C=N–C) groups is 1. The maximum atomic E-state index is 9.26. The Morgan fingerprint density at radius 2 is 1.42 bits per heavy atom. The van der Waals surface area contributed by atoms with Crippen LogP contribution in [0.2, 0.25) is 0 Å². The fourth-order valence-electron chi connectivity index (χ4n) is 2.26. The molecular formula is C20H19N3O3. The van der Waals surface area contributed by atoms with E-state index in [1.54, 1.807) is 0 Å². The lowest BCUT2D eigenvalue weighted by Gasteiger charge is -2.15. The molecule has 0 unspecified atom stereocenters. The molecule has 3 rings (SSSR count). The first-order chi connectivity index (χ1) is 12.5. The standard InChI is InChI=1S/C20H19N3O3/c1-20(24,25)14-26-19-21-12-17(13-22-19)23-18(15-8-4-2-5-9-15)16-10-6-3-7-11-16/h2-13,24-25H,14H2,1H3. The molecule has 0 aliphatic heterocycles. The van der Waals surface area contributed by atoms with E-state index < -0.39 is 5.79 Å². The highest BCUT2D eigenvalue weighted by Crippen LogP contribution is 2.18. The molecule has 26 heavy (non-hydrogen) atoms. The van der Waals surface area contributed by atoms with Crippen LogP contribution in [-0.2, 0) is 0 Å². The van der Waals surface area contributed by atoms with E-state index in [9.17, 15) is 10.2 Å². The molecule has 1 aromatic heterocycles. The first kappa shape index (κ1) is 17.7. The van der Waals surface area contributed by atoms with Gasteiger partial charge in [0.1, 0.15) is 12.3 Å². The molecule has 0 atom stereocenters. The van der Waals surface area contributed by atoms with Crippen LogP contribution in [0.25, 0.3) is 0 Å².